The van der Waals surface area contributed by atoms with Gasteiger partial charge in [0.1, 0.15) is 11.5 Å². The van der Waals surface area contributed by atoms with Crippen LogP contribution < -0.4 is 10.6 Å². The number of piperidine rings is 1. The van der Waals surface area contributed by atoms with Crippen molar-refractivity contribution in [1.29, 1.82) is 0 Å². The summed E-state index contributed by atoms with van der Waals surface area (Å²) in [6.45, 7) is 2.87. The number of carbonyl (C=O) groups is 1. The number of para-hydroxylation sites is 1. The van der Waals surface area contributed by atoms with Crippen molar-refractivity contribution >= 4 is 17.5 Å². The summed E-state index contributed by atoms with van der Waals surface area (Å²) in [5.74, 6) is 1.69. The van der Waals surface area contributed by atoms with Crippen LogP contribution in [-0.4, -0.2) is 38.0 Å². The third-order valence-corrected chi connectivity index (χ3v) is 6.56. The Balaban J connectivity index is 1.55. The molecule has 2 aliphatic heterocycles. The van der Waals surface area contributed by atoms with Crippen LogP contribution in [0.25, 0.3) is 16.9 Å². The number of aromatic hydroxyl groups is 1. The molecule has 0 atom stereocenters. The zero-order valence-corrected chi connectivity index (χ0v) is 19.8. The van der Waals surface area contributed by atoms with E-state index in [0.717, 1.165) is 49.6 Å². The molecule has 34 heavy (non-hydrogen) atoms. The van der Waals surface area contributed by atoms with Gasteiger partial charge in [0, 0.05) is 11.3 Å². The molecule has 0 radical (unpaired) electrons. The van der Waals surface area contributed by atoms with Gasteiger partial charge < -0.3 is 19.9 Å². The molecule has 2 aromatic rings. The first-order chi connectivity index (χ1) is 16.6. The summed E-state index contributed by atoms with van der Waals surface area (Å²) >= 11 is 0. The van der Waals surface area contributed by atoms with Crippen LogP contribution in [0.2, 0.25) is 0 Å². The van der Waals surface area contributed by atoms with E-state index in [1.165, 1.54) is 31.9 Å². The van der Waals surface area contributed by atoms with Gasteiger partial charge >= 0.3 is 6.09 Å². The summed E-state index contributed by atoms with van der Waals surface area (Å²) in [6, 6.07) is 13.0. The largest absolute Gasteiger partial charge is 0.507 e. The number of phenolic OH excluding ortho intramolecular Hbond substituents is 1. The van der Waals surface area contributed by atoms with Crippen molar-refractivity contribution in [3.05, 3.63) is 65.8 Å². The fourth-order valence-corrected chi connectivity index (χ4v) is 4.57. The molecular formula is C28H34N2O4. The Hall–Kier alpha value is -3.25. The molecule has 4 rings (SSSR count). The highest BCUT2D eigenvalue weighted by Gasteiger charge is 2.17. The van der Waals surface area contributed by atoms with Crippen molar-refractivity contribution in [2.75, 3.05) is 32.1 Å². The standard InChI is InChI=1S/C28H34N2O4/c1-33-28(32)30-23-12-10-22(11-13-23)24-6-4-7-25(27(24)31)26-19-21(5-2-3-18-34-26)9-8-20-14-16-29-17-15-20/h4-7,10-13,19-20,29,31H,2-3,8-9,14-18H2,1H3,(H,30,32)/b21-5+,26-19-. The van der Waals surface area contributed by atoms with Crippen LogP contribution in [0.15, 0.2) is 60.2 Å². The molecule has 0 aliphatic carbocycles. The molecule has 0 bridgehead atoms. The molecule has 180 valence electrons. The van der Waals surface area contributed by atoms with E-state index in [2.05, 4.69) is 27.5 Å². The van der Waals surface area contributed by atoms with E-state index in [9.17, 15) is 9.90 Å². The number of hydrogen-bond donors (Lipinski definition) is 3. The Labute approximate surface area is 201 Å². The van der Waals surface area contributed by atoms with Crippen molar-refractivity contribution in [2.45, 2.75) is 38.5 Å². The average Bonchev–Trinajstić information content (AvgIpc) is 2.85. The molecule has 1 saturated heterocycles. The number of hydrogen-bond acceptors (Lipinski definition) is 5. The lowest BCUT2D eigenvalue weighted by molar-refractivity contribution is 0.187. The smallest absolute Gasteiger partial charge is 0.411 e. The Bertz CT molecular complexity index is 1040. The van der Waals surface area contributed by atoms with E-state index in [1.807, 2.05) is 30.3 Å². The maximum absolute atomic E-state index is 11.4. The maximum atomic E-state index is 11.4. The third-order valence-electron chi connectivity index (χ3n) is 6.56. The highest BCUT2D eigenvalue weighted by molar-refractivity contribution is 5.85. The van der Waals surface area contributed by atoms with Gasteiger partial charge in [-0.2, -0.15) is 0 Å². The number of allylic oxidation sites excluding steroid dienone is 3. The molecule has 3 N–H and O–H groups in total. The first-order valence-electron chi connectivity index (χ1n) is 12.2. The first kappa shape index (κ1) is 23.9. The van der Waals surface area contributed by atoms with Gasteiger partial charge in [-0.15, -0.1) is 0 Å². The quantitative estimate of drug-likeness (QED) is 0.484. The van der Waals surface area contributed by atoms with Gasteiger partial charge in [-0.1, -0.05) is 30.3 Å². The van der Waals surface area contributed by atoms with Gasteiger partial charge in [0.15, 0.2) is 0 Å². The lowest BCUT2D eigenvalue weighted by Crippen LogP contribution is -2.27. The molecule has 1 fully saturated rings. The fourth-order valence-electron chi connectivity index (χ4n) is 4.57. The predicted molar refractivity (Wildman–Crippen MR) is 136 cm³/mol. The zero-order chi connectivity index (χ0) is 23.8. The van der Waals surface area contributed by atoms with Crippen molar-refractivity contribution in [3.63, 3.8) is 0 Å². The summed E-state index contributed by atoms with van der Waals surface area (Å²) in [7, 11) is 1.33. The minimum Gasteiger partial charge on any atom is -0.507 e. The fraction of sp³-hybridized carbons (Fsp3) is 0.393. The van der Waals surface area contributed by atoms with Crippen LogP contribution in [0.4, 0.5) is 10.5 Å². The monoisotopic (exact) mass is 462 g/mol. The molecule has 1 amide bonds. The molecule has 2 aliphatic rings. The summed E-state index contributed by atoms with van der Waals surface area (Å²) in [5, 5.41) is 17.3. The van der Waals surface area contributed by atoms with Gasteiger partial charge in [-0.25, -0.2) is 4.79 Å². The Morgan fingerprint density at radius 1 is 1.15 bits per heavy atom. The third kappa shape index (κ3) is 6.20. The second-order valence-electron chi connectivity index (χ2n) is 8.91. The number of anilines is 1. The lowest BCUT2D eigenvalue weighted by Gasteiger charge is -2.23. The second-order valence-corrected chi connectivity index (χ2v) is 8.91. The Kier molecular flexibility index (Phi) is 8.26. The summed E-state index contributed by atoms with van der Waals surface area (Å²) in [6.07, 6.45) is 10.6. The summed E-state index contributed by atoms with van der Waals surface area (Å²) < 4.78 is 10.8. The zero-order valence-electron chi connectivity index (χ0n) is 19.8. The summed E-state index contributed by atoms with van der Waals surface area (Å²) in [4.78, 5) is 11.4. The number of nitrogens with one attached hydrogen (secondary N) is 2. The van der Waals surface area contributed by atoms with E-state index in [-0.39, 0.29) is 5.75 Å². The van der Waals surface area contributed by atoms with E-state index < -0.39 is 6.09 Å². The highest BCUT2D eigenvalue weighted by atomic mass is 16.5. The van der Waals surface area contributed by atoms with Gasteiger partial charge in [-0.05, 0) is 92.9 Å². The van der Waals surface area contributed by atoms with Gasteiger partial charge in [0.25, 0.3) is 0 Å². The van der Waals surface area contributed by atoms with E-state index in [4.69, 9.17) is 4.74 Å². The molecule has 0 spiro atoms. The number of phenols is 1. The van der Waals surface area contributed by atoms with Crippen molar-refractivity contribution in [1.82, 2.24) is 5.32 Å². The molecule has 0 unspecified atom stereocenters. The predicted octanol–water partition coefficient (Wildman–Crippen LogP) is 6.10. The maximum Gasteiger partial charge on any atom is 0.411 e. The SMILES string of the molecule is COC(=O)Nc1ccc(-c2cccc(/C3=C/C(CCC4CCNCC4)=C/CCCO3)c2O)cc1. The average molecular weight is 463 g/mol. The molecule has 2 heterocycles. The molecule has 0 aromatic heterocycles. The van der Waals surface area contributed by atoms with Crippen molar-refractivity contribution < 1.29 is 19.4 Å². The van der Waals surface area contributed by atoms with E-state index >= 15 is 0 Å². The van der Waals surface area contributed by atoms with E-state index in [1.54, 1.807) is 12.1 Å². The van der Waals surface area contributed by atoms with Crippen LogP contribution in [0.1, 0.15) is 44.1 Å². The number of amides is 1. The molecule has 6 heteroatoms. The van der Waals surface area contributed by atoms with Crippen LogP contribution in [0.5, 0.6) is 5.75 Å². The lowest BCUT2D eigenvalue weighted by atomic mass is 9.90. The van der Waals surface area contributed by atoms with Gasteiger partial charge in [0.05, 0.1) is 19.3 Å². The van der Waals surface area contributed by atoms with Crippen LogP contribution >= 0.6 is 0 Å². The van der Waals surface area contributed by atoms with Crippen molar-refractivity contribution in [3.8, 4) is 16.9 Å². The van der Waals surface area contributed by atoms with Gasteiger partial charge in [0.2, 0.25) is 0 Å². The van der Waals surface area contributed by atoms with Crippen LogP contribution in [0.3, 0.4) is 0 Å². The molecule has 0 saturated carbocycles. The van der Waals surface area contributed by atoms with Crippen LogP contribution in [0, 0.1) is 5.92 Å². The minimum absolute atomic E-state index is 0.195. The van der Waals surface area contributed by atoms with Crippen LogP contribution in [-0.2, 0) is 9.47 Å². The molecule has 2 aromatic carbocycles. The number of carbonyl (C=O) groups excluding carboxylic acids is 1. The number of methoxy groups -OCH3 is 1. The van der Waals surface area contributed by atoms with Crippen molar-refractivity contribution in [2.24, 2.45) is 5.92 Å². The Morgan fingerprint density at radius 2 is 1.91 bits per heavy atom. The van der Waals surface area contributed by atoms with Gasteiger partial charge in [-0.3, -0.25) is 5.32 Å². The van der Waals surface area contributed by atoms with E-state index in [0.29, 0.717) is 23.4 Å². The normalized spacial score (nSPS) is 20.0. The molecular weight excluding hydrogens is 428 g/mol. The topological polar surface area (TPSA) is 79.8 Å². The number of rotatable bonds is 6. The Morgan fingerprint density at radius 3 is 2.68 bits per heavy atom. The number of ether oxygens (including phenoxy) is 2. The number of benzene rings is 2. The minimum atomic E-state index is -0.519. The molecule has 6 nitrogen and oxygen atoms in total. The first-order valence-corrected chi connectivity index (χ1v) is 12.2. The summed E-state index contributed by atoms with van der Waals surface area (Å²) in [5.41, 5.74) is 4.18. The highest BCUT2D eigenvalue weighted by Crippen LogP contribution is 2.37. The second kappa shape index (κ2) is 11.7.